The third kappa shape index (κ3) is 11.4. The highest BCUT2D eigenvalue weighted by Crippen LogP contribution is 2.33. The number of ether oxygens (including phenoxy) is 1. The summed E-state index contributed by atoms with van der Waals surface area (Å²) in [5, 5.41) is 9.36. The van der Waals surface area contributed by atoms with Gasteiger partial charge >= 0.3 is 0 Å². The van der Waals surface area contributed by atoms with Crippen molar-refractivity contribution in [1.82, 2.24) is 0 Å². The van der Waals surface area contributed by atoms with Crippen LogP contribution in [0.25, 0.3) is 0 Å². The summed E-state index contributed by atoms with van der Waals surface area (Å²) in [4.78, 5) is 0. The van der Waals surface area contributed by atoms with Crippen LogP contribution in [-0.4, -0.2) is 18.3 Å². The molecule has 0 aromatic rings. The predicted molar refractivity (Wildman–Crippen MR) is 131 cm³/mol. The first-order valence-corrected chi connectivity index (χ1v) is 10.7. The molecule has 0 bridgehead atoms. The molecule has 0 saturated carbocycles. The quantitative estimate of drug-likeness (QED) is 0.162. The van der Waals surface area contributed by atoms with E-state index in [1.54, 1.807) is 20.8 Å². The van der Waals surface area contributed by atoms with E-state index in [4.69, 9.17) is 4.74 Å². The second-order valence-corrected chi connectivity index (χ2v) is 8.08. The van der Waals surface area contributed by atoms with Crippen molar-refractivity contribution in [3.05, 3.63) is 85.5 Å². The summed E-state index contributed by atoms with van der Waals surface area (Å²) in [7, 11) is 1.33. The van der Waals surface area contributed by atoms with Crippen LogP contribution in [-0.2, 0) is 4.74 Å². The molecule has 0 fully saturated rings. The zero-order valence-electron chi connectivity index (χ0n) is 20.4. The molecule has 0 aliphatic heterocycles. The summed E-state index contributed by atoms with van der Waals surface area (Å²) >= 11 is 0. The Hall–Kier alpha value is -2.27. The number of allylic oxidation sites excluding steroid dienone is 7. The molecule has 0 saturated heterocycles. The Labute approximate surface area is 193 Å². The van der Waals surface area contributed by atoms with Crippen LogP contribution in [0.15, 0.2) is 85.5 Å². The van der Waals surface area contributed by atoms with Crippen molar-refractivity contribution in [2.75, 3.05) is 7.11 Å². The first-order valence-electron chi connectivity index (χ1n) is 10.7. The highest BCUT2D eigenvalue weighted by atomic mass is 19.2. The maximum Gasteiger partial charge on any atom is 0.164 e. The van der Waals surface area contributed by atoms with Gasteiger partial charge in [-0.1, -0.05) is 47.1 Å². The topological polar surface area (TPSA) is 29.5 Å². The van der Waals surface area contributed by atoms with Crippen molar-refractivity contribution in [1.29, 1.82) is 0 Å². The molecular formula is C27H41F3O2. The van der Waals surface area contributed by atoms with Gasteiger partial charge < -0.3 is 9.84 Å². The molecule has 2 nitrogen and oxygen atoms in total. The van der Waals surface area contributed by atoms with Gasteiger partial charge in [-0.25, -0.2) is 13.2 Å². The van der Waals surface area contributed by atoms with Crippen LogP contribution in [0.5, 0.6) is 0 Å². The molecule has 0 amide bonds. The lowest BCUT2D eigenvalue weighted by atomic mass is 9.88. The summed E-state index contributed by atoms with van der Waals surface area (Å²) in [6, 6.07) is 0. The summed E-state index contributed by atoms with van der Waals surface area (Å²) in [6.45, 7) is 27.8. The molecule has 182 valence electrons. The number of rotatable bonds is 14. The maximum absolute atomic E-state index is 14.6. The van der Waals surface area contributed by atoms with Crippen molar-refractivity contribution >= 4 is 0 Å². The van der Waals surface area contributed by atoms with E-state index in [9.17, 15) is 18.3 Å². The monoisotopic (exact) mass is 454 g/mol. The molecule has 0 radical (unpaired) electrons. The summed E-state index contributed by atoms with van der Waals surface area (Å²) in [5.41, 5.74) is 0.705. The molecule has 5 heteroatoms. The van der Waals surface area contributed by atoms with Gasteiger partial charge in [-0.15, -0.1) is 13.2 Å². The largest absolute Gasteiger partial charge is 0.494 e. The molecule has 4 unspecified atom stereocenters. The lowest BCUT2D eigenvalue weighted by molar-refractivity contribution is 0.177. The van der Waals surface area contributed by atoms with E-state index in [1.807, 2.05) is 6.92 Å². The van der Waals surface area contributed by atoms with Crippen molar-refractivity contribution in [3.8, 4) is 0 Å². The second-order valence-electron chi connectivity index (χ2n) is 8.08. The first-order chi connectivity index (χ1) is 14.8. The summed E-state index contributed by atoms with van der Waals surface area (Å²) in [6.07, 6.45) is 2.90. The van der Waals surface area contributed by atoms with Gasteiger partial charge in [-0.2, -0.15) is 0 Å². The average Bonchev–Trinajstić information content (AvgIpc) is 2.78. The van der Waals surface area contributed by atoms with Gasteiger partial charge in [0.2, 0.25) is 0 Å². The van der Waals surface area contributed by atoms with E-state index in [0.717, 1.165) is 0 Å². The Balaban J connectivity index is 0. The highest BCUT2D eigenvalue weighted by Gasteiger charge is 2.21. The van der Waals surface area contributed by atoms with Crippen LogP contribution >= 0.6 is 0 Å². The van der Waals surface area contributed by atoms with Crippen LogP contribution in [0.3, 0.4) is 0 Å². The smallest absolute Gasteiger partial charge is 0.164 e. The van der Waals surface area contributed by atoms with Gasteiger partial charge in [0, 0.05) is 0 Å². The molecule has 0 aromatic carbocycles. The number of methoxy groups -OCH3 is 1. The minimum Gasteiger partial charge on any atom is -0.494 e. The number of hydrogen-bond acceptors (Lipinski definition) is 2. The fourth-order valence-electron chi connectivity index (χ4n) is 2.72. The summed E-state index contributed by atoms with van der Waals surface area (Å²) in [5.74, 6) is -3.30. The van der Waals surface area contributed by atoms with E-state index >= 15 is 0 Å². The third-order valence-electron chi connectivity index (χ3n) is 5.45. The molecule has 0 aliphatic rings. The molecule has 0 aromatic heterocycles. The standard InChI is InChI=1S/C25H37F3O2.C2H4/c1-15(18(4)14-23(26)22(8)30-9)10-11-16(2)20(6)24(27)25(28)21(7)17(3)12-13-19(5)29;1-2/h14-17,19,29H,4,6-8,10-13H2,1-3,5,9H3;1-2H2/b23-14+,25-24-;. The fourth-order valence-corrected chi connectivity index (χ4v) is 2.72. The van der Waals surface area contributed by atoms with Gasteiger partial charge in [-0.3, -0.25) is 0 Å². The van der Waals surface area contributed by atoms with Crippen molar-refractivity contribution < 1.29 is 23.0 Å². The molecule has 32 heavy (non-hydrogen) atoms. The van der Waals surface area contributed by atoms with Crippen molar-refractivity contribution in [2.45, 2.75) is 59.5 Å². The minimum absolute atomic E-state index is 0.0667. The fraction of sp³-hybridized carbons (Fsp3) is 0.481. The summed E-state index contributed by atoms with van der Waals surface area (Å²) < 4.78 is 47.7. The van der Waals surface area contributed by atoms with Gasteiger partial charge in [0.25, 0.3) is 0 Å². The normalized spacial score (nSPS) is 15.8. The maximum atomic E-state index is 14.6. The zero-order chi connectivity index (χ0) is 25.6. The Kier molecular flexibility index (Phi) is 16.3. The van der Waals surface area contributed by atoms with E-state index in [1.165, 1.54) is 13.2 Å². The molecule has 0 rings (SSSR count). The second kappa shape index (κ2) is 16.4. The molecule has 0 spiro atoms. The van der Waals surface area contributed by atoms with Crippen LogP contribution < -0.4 is 0 Å². The Morgan fingerprint density at radius 2 is 1.16 bits per heavy atom. The minimum atomic E-state index is -0.981. The van der Waals surface area contributed by atoms with Gasteiger partial charge in [0.05, 0.1) is 13.2 Å². The molecule has 4 atom stereocenters. The van der Waals surface area contributed by atoms with Crippen molar-refractivity contribution in [3.63, 3.8) is 0 Å². The van der Waals surface area contributed by atoms with Crippen LogP contribution in [0.1, 0.15) is 53.4 Å². The van der Waals surface area contributed by atoms with E-state index in [-0.39, 0.29) is 34.7 Å². The Morgan fingerprint density at radius 1 is 0.781 bits per heavy atom. The molecule has 0 heterocycles. The first kappa shape index (κ1) is 31.9. The lowest BCUT2D eigenvalue weighted by Crippen LogP contribution is -2.08. The van der Waals surface area contributed by atoms with Crippen LogP contribution in [0.4, 0.5) is 13.2 Å². The molecular weight excluding hydrogens is 413 g/mol. The lowest BCUT2D eigenvalue weighted by Gasteiger charge is -2.19. The van der Waals surface area contributed by atoms with Gasteiger partial charge in [0.15, 0.2) is 17.5 Å². The predicted octanol–water partition coefficient (Wildman–Crippen LogP) is 8.47. The van der Waals surface area contributed by atoms with E-state index < -0.39 is 23.6 Å². The number of halogens is 3. The van der Waals surface area contributed by atoms with E-state index in [0.29, 0.717) is 31.3 Å². The number of hydrogen-bond donors (Lipinski definition) is 1. The zero-order valence-corrected chi connectivity index (χ0v) is 20.4. The highest BCUT2D eigenvalue weighted by molar-refractivity contribution is 5.37. The van der Waals surface area contributed by atoms with Crippen LogP contribution in [0.2, 0.25) is 0 Å². The molecule has 0 aliphatic carbocycles. The van der Waals surface area contributed by atoms with Gasteiger partial charge in [0.1, 0.15) is 5.76 Å². The average molecular weight is 455 g/mol. The SMILES string of the molecule is C=C.C=C(OC)/C(F)=C\C(=C)C(C)CCC(C)C(=C)/C(F)=C(/F)C(=C)C(C)CCC(C)O. The molecule has 1 N–H and O–H groups in total. The number of aliphatic hydroxyl groups is 1. The van der Waals surface area contributed by atoms with Crippen molar-refractivity contribution in [2.24, 2.45) is 17.8 Å². The van der Waals surface area contributed by atoms with E-state index in [2.05, 4.69) is 39.5 Å². The van der Waals surface area contributed by atoms with Gasteiger partial charge in [-0.05, 0) is 73.2 Å². The number of aliphatic hydroxyl groups excluding tert-OH is 1. The van der Waals surface area contributed by atoms with Crippen LogP contribution in [0, 0.1) is 17.8 Å². The Morgan fingerprint density at radius 3 is 1.53 bits per heavy atom. The Bertz CT molecular complexity index is 716. The third-order valence-corrected chi connectivity index (χ3v) is 5.45.